The summed E-state index contributed by atoms with van der Waals surface area (Å²) in [4.78, 5) is 170. The normalized spacial score (nSPS) is 29.0. The van der Waals surface area contributed by atoms with Crippen LogP contribution in [-0.2, 0) is 100 Å². The van der Waals surface area contributed by atoms with Crippen LogP contribution in [0.3, 0.4) is 0 Å². The molecule has 0 aromatic rings. The van der Waals surface area contributed by atoms with Crippen LogP contribution in [0.4, 0.5) is 0 Å². The Bertz CT molecular complexity index is 4310. The molecule has 4 aliphatic rings. The highest BCUT2D eigenvalue weighted by Gasteiger charge is 2.53. The summed E-state index contributed by atoms with van der Waals surface area (Å²) in [7, 11) is 0. The Labute approximate surface area is 723 Å². The lowest BCUT2D eigenvalue weighted by Crippen LogP contribution is -2.35. The lowest BCUT2D eigenvalue weighted by molar-refractivity contribution is -0.157. The molecule has 5 N–H and O–H groups in total. The first-order valence-electron chi connectivity index (χ1n) is 54.5. The van der Waals surface area contributed by atoms with Crippen molar-refractivity contribution in [3.8, 4) is 0 Å². The Morgan fingerprint density at radius 3 is 0.761 bits per heavy atom. The van der Waals surface area contributed by atoms with E-state index in [1.165, 1.54) is 55.4 Å². The van der Waals surface area contributed by atoms with Crippen LogP contribution in [0.5, 0.6) is 0 Å². The van der Waals surface area contributed by atoms with Gasteiger partial charge in [-0.3, -0.25) is 57.5 Å². The molecule has 5 amide bonds. The fraction of sp³-hybridized carbons (Fsp3) is 0.839. The molecule has 0 aromatic carbocycles. The molecule has 4 saturated heterocycles. The number of epoxide rings is 4. The van der Waals surface area contributed by atoms with Gasteiger partial charge in [0.2, 0.25) is 29.5 Å². The number of nitrogens with one attached hydrogen (secondary N) is 5. The molecule has 4 fully saturated rings. The van der Waals surface area contributed by atoms with Gasteiger partial charge >= 0.3 is 17.9 Å². The fourth-order valence-electron chi connectivity index (χ4n) is 11.0. The third-order valence-corrected chi connectivity index (χ3v) is 16.7. The average molecular weight is 1640 g/mol. The summed E-state index contributed by atoms with van der Waals surface area (Å²) in [6.45, 7) is 7.57. The van der Waals surface area contributed by atoms with Gasteiger partial charge in [-0.25, -0.2) is 9.59 Å². The van der Waals surface area contributed by atoms with Gasteiger partial charge in [0.05, 0.1) is 19.6 Å². The third-order valence-electron chi connectivity index (χ3n) is 16.7. The number of carbonyl (C=O) groups excluding carboxylic acids is 14. The molecule has 652 valence electrons. The number of hydrogen-bond donors (Lipinski definition) is 5. The van der Waals surface area contributed by atoms with Gasteiger partial charge < -0.3 is 59.7 Å². The van der Waals surface area contributed by atoms with E-state index >= 15 is 0 Å². The molecular formula is C87H153N5O21. The van der Waals surface area contributed by atoms with Gasteiger partial charge in [0.25, 0.3) is 0 Å². The molecule has 113 heavy (non-hydrogen) atoms. The minimum absolute atomic E-state index is 0.0180. The second kappa shape index (κ2) is 55.3. The van der Waals surface area contributed by atoms with Crippen molar-refractivity contribution in [2.75, 3.05) is 45.9 Å². The number of rotatable bonds is 50. The Kier molecular flexibility index (Phi) is 30.7. The topological polar surface area (TPSA) is 377 Å². The third kappa shape index (κ3) is 50.0. The number of carbonyl (C=O) groups is 14. The zero-order chi connectivity index (χ0) is 114. The summed E-state index contributed by atoms with van der Waals surface area (Å²) in [6, 6.07) is 0. The molecule has 0 bridgehead atoms. The first-order chi connectivity index (χ1) is 64.8. The van der Waals surface area contributed by atoms with E-state index in [1.807, 2.05) is 27.7 Å². The number of ketones is 6. The van der Waals surface area contributed by atoms with Gasteiger partial charge in [-0.05, 0) is 172 Å². The minimum atomic E-state index is -2.72. The van der Waals surface area contributed by atoms with Crippen molar-refractivity contribution in [1.29, 1.82) is 0 Å². The van der Waals surface area contributed by atoms with E-state index in [0.29, 0.717) is 12.8 Å². The Hall–Kier alpha value is -6.38. The molecule has 4 aliphatic heterocycles. The fourth-order valence-corrected chi connectivity index (χ4v) is 11.0. The number of amides is 5. The van der Waals surface area contributed by atoms with Crippen LogP contribution < -0.4 is 26.6 Å². The smallest absolute Gasteiger partial charge is 0.338 e. The molecule has 0 aliphatic carbocycles. The predicted molar refractivity (Wildman–Crippen MR) is 435 cm³/mol. The molecule has 0 spiro atoms. The van der Waals surface area contributed by atoms with Gasteiger partial charge in [-0.1, -0.05) is 138 Å². The van der Waals surface area contributed by atoms with Gasteiger partial charge in [0.1, 0.15) is 30.0 Å². The number of ether oxygens (including phenoxy) is 7. The maximum Gasteiger partial charge on any atom is 0.338 e. The molecule has 0 radical (unpaired) electrons. The van der Waals surface area contributed by atoms with E-state index in [1.54, 1.807) is 34.6 Å². The monoisotopic (exact) mass is 1640 g/mol. The summed E-state index contributed by atoms with van der Waals surface area (Å²) >= 11 is 0. The Morgan fingerprint density at radius 2 is 0.558 bits per heavy atom. The Balaban J connectivity index is 0.00000179. The maximum atomic E-state index is 12.7. The first kappa shape index (κ1) is 62.8. The zero-order valence-electron chi connectivity index (χ0n) is 102. The quantitative estimate of drug-likeness (QED) is 0.0214. The summed E-state index contributed by atoms with van der Waals surface area (Å²) in [6.07, 6.45) is -9.56. The minimum Gasteiger partial charge on any atom is -0.464 e. The van der Waals surface area contributed by atoms with Crippen molar-refractivity contribution in [3.05, 3.63) is 0 Å². The van der Waals surface area contributed by atoms with Crippen LogP contribution in [0, 0.1) is 88.6 Å². The van der Waals surface area contributed by atoms with Crippen LogP contribution in [0.1, 0.15) is 327 Å². The van der Waals surface area contributed by atoms with Gasteiger partial charge in [-0.2, -0.15) is 0 Å². The highest BCUT2D eigenvalue weighted by atomic mass is 16.7. The van der Waals surface area contributed by atoms with Gasteiger partial charge in [0, 0.05) is 132 Å². The van der Waals surface area contributed by atoms with Crippen molar-refractivity contribution < 1.29 is 144 Å². The highest BCUT2D eigenvalue weighted by molar-refractivity contribution is 6.00. The summed E-state index contributed by atoms with van der Waals surface area (Å²) < 4.78 is 277. The van der Waals surface area contributed by atoms with E-state index in [0.717, 1.165) is 13.8 Å². The van der Waals surface area contributed by atoms with Crippen molar-refractivity contribution in [2.24, 2.45) is 88.6 Å². The van der Waals surface area contributed by atoms with Crippen LogP contribution in [-0.4, -0.2) is 183 Å². The molecule has 26 nitrogen and oxygen atoms in total. The molecule has 4 heterocycles. The SMILES string of the molecule is [2H]C([2H])([2H])C([2H])(C)CCNC(=O)[C@@H](CC(=O)OC(C)(C)C)CC([2H])(C)C([2H])([2H])[2H].[2H]C([2H])([2H])C([2H])(C)CCNC(=O)[C@@H](CC(=O)[C@H]1O[C@@H]1C(=O)OCC)CC(C)C.[2H]C([2H])([2H])C([2H])(C)CCNC(=O)[C@@H](CC(=O)[C@H]1O[C@@H]1C(=O)OCC)CC([2H])(C)C([2H])([2H])[2H].[2H]C([2H])([2H])C([2H])(C)CCNC(=O)[C@@H](CC(=O)[C@H]1O[C@@H]1C(C)=O)CC(C)C.[2H]C([2H])([2H])C([2H])(C)CCNC(=O)[C@@H](CC(=O)[C@H]1O[C@@H]1C(C)=O)CC([2H])(C)C([2H])([2H])[2H]. The van der Waals surface area contributed by atoms with E-state index in [4.69, 9.17) is 77.0 Å². The summed E-state index contributed by atoms with van der Waals surface area (Å²) in [5.74, 6) is -26.2. The van der Waals surface area contributed by atoms with E-state index in [9.17, 15) is 67.1 Å². The number of esters is 3. The van der Waals surface area contributed by atoms with Gasteiger partial charge in [-0.15, -0.1) is 0 Å². The van der Waals surface area contributed by atoms with Crippen LogP contribution in [0.15, 0.2) is 0 Å². The molecule has 0 aromatic heterocycles. The van der Waals surface area contributed by atoms with E-state index in [2.05, 4.69) is 26.6 Å². The Morgan fingerprint density at radius 1 is 0.336 bits per heavy atom. The summed E-state index contributed by atoms with van der Waals surface area (Å²) in [5.41, 5.74) is -0.793. The van der Waals surface area contributed by atoms with Gasteiger partial charge in [0.15, 0.2) is 59.1 Å². The average Bonchev–Trinajstić information content (AvgIpc) is 1.66. The molecule has 21 atom stereocenters. The lowest BCUT2D eigenvalue weighted by atomic mass is 9.90. The van der Waals surface area contributed by atoms with Crippen molar-refractivity contribution >= 4 is 82.1 Å². The maximum absolute atomic E-state index is 12.7. The van der Waals surface area contributed by atoms with E-state index in [-0.39, 0.29) is 138 Å². The molecule has 8 unspecified atom stereocenters. The first-order valence-corrected chi connectivity index (χ1v) is 38.5. The number of hydrogen-bond acceptors (Lipinski definition) is 21. The van der Waals surface area contributed by atoms with E-state index < -0.39 is 272 Å². The molecule has 0 saturated carbocycles. The van der Waals surface area contributed by atoms with Crippen molar-refractivity contribution in [2.45, 2.75) is 337 Å². The van der Waals surface area contributed by atoms with Crippen molar-refractivity contribution in [1.82, 2.24) is 26.6 Å². The van der Waals surface area contributed by atoms with Crippen molar-refractivity contribution in [3.63, 3.8) is 0 Å². The lowest BCUT2D eigenvalue weighted by Gasteiger charge is -2.23. The highest BCUT2D eigenvalue weighted by Crippen LogP contribution is 2.33. The number of Topliss-reactive ketones (excluding diaryl/α,β-unsaturated/α-hetero) is 6. The second-order valence-corrected chi connectivity index (χ2v) is 30.9. The second-order valence-electron chi connectivity index (χ2n) is 30.9. The predicted octanol–water partition coefficient (Wildman–Crippen LogP) is 12.0. The zero-order valence-corrected chi connectivity index (χ0v) is 69.8. The van der Waals surface area contributed by atoms with Crippen LogP contribution >= 0.6 is 0 Å². The molecule has 26 heteroatoms. The molecule has 4 rings (SSSR count). The largest absolute Gasteiger partial charge is 0.464 e. The summed E-state index contributed by atoms with van der Waals surface area (Å²) in [5, 5.41) is 12.6. The molecular weight excluding hydrogens is 1450 g/mol. The van der Waals surface area contributed by atoms with Crippen LogP contribution in [0.2, 0.25) is 0 Å². The van der Waals surface area contributed by atoms with Crippen LogP contribution in [0.25, 0.3) is 0 Å². The standard InChI is InChI=1S/2C18H31NO5.2C17H29NO4.C17H33NO3/c2*1-6-23-18(22)16-15(24-16)14(20)10-13(9-12(4)5)17(21)19-8-7-11(2)3;2*1-10(2)6-7-18-17(21)13(8-11(3)4)9-14(20)16-15(22-16)12(5)19;1-12(2)8-9-18-16(20)14(10-13(3)4)11-15(19)21-17(5,6)7/h2*11-13,15-16H,6-10H2,1-5H3,(H,19,21);2*10-11,13,15-16H,6-9H2,1-5H3,(H,18,21);12-14H,8-11H2,1-7H3,(H,18,20)/t2*13-,15-,16+;2*13-,15-,16-;14-/m11111/s1/i2D3,4D3,11D,12D;2D3,11D;1D3,3D3,10D,11D;1D3,10D;1D3,3D3,12D,13D/t11?,12?,13-,15-,16+;11?,13-,15-,16+;10?,11?,13-,15-,16-;10?,13-,15-,16-;12?,13?,14-.